The molecule has 7 heteroatoms. The van der Waals surface area contributed by atoms with Crippen molar-refractivity contribution in [2.45, 2.75) is 64.8 Å². The molecule has 0 saturated carbocycles. The summed E-state index contributed by atoms with van der Waals surface area (Å²) in [5.74, 6) is 0.211. The van der Waals surface area contributed by atoms with E-state index in [0.29, 0.717) is 25.6 Å². The summed E-state index contributed by atoms with van der Waals surface area (Å²) >= 11 is 0. The summed E-state index contributed by atoms with van der Waals surface area (Å²) in [7, 11) is 0. The first-order chi connectivity index (χ1) is 14.7. The Morgan fingerprint density at radius 2 is 1.65 bits per heavy atom. The Labute approximate surface area is 185 Å². The number of carbonyl (C=O) groups excluding carboxylic acids is 2. The highest BCUT2D eigenvalue weighted by molar-refractivity contribution is 5.73. The minimum Gasteiger partial charge on any atom is -0.460 e. The fraction of sp³-hybridized carbons (Fsp3) is 0.667. The van der Waals surface area contributed by atoms with Crippen molar-refractivity contribution in [3.63, 3.8) is 0 Å². The number of ether oxygens (including phenoxy) is 2. The second kappa shape index (κ2) is 10.5. The lowest BCUT2D eigenvalue weighted by molar-refractivity contribution is -0.162. The van der Waals surface area contributed by atoms with Gasteiger partial charge in [0.05, 0.1) is 12.1 Å². The van der Waals surface area contributed by atoms with Crippen LogP contribution in [-0.2, 0) is 20.9 Å². The van der Waals surface area contributed by atoms with E-state index in [0.717, 1.165) is 44.3 Å². The van der Waals surface area contributed by atoms with Gasteiger partial charge in [0, 0.05) is 26.2 Å². The maximum atomic E-state index is 12.4. The van der Waals surface area contributed by atoms with E-state index in [1.165, 1.54) is 0 Å². The lowest BCUT2D eigenvalue weighted by Crippen LogP contribution is -2.54. The molecule has 2 N–H and O–H groups in total. The van der Waals surface area contributed by atoms with Crippen LogP contribution in [0.15, 0.2) is 30.3 Å². The smallest absolute Gasteiger partial charge is 0.410 e. The maximum absolute atomic E-state index is 12.4. The minimum absolute atomic E-state index is 0.0380. The monoisotopic (exact) mass is 431 g/mol. The van der Waals surface area contributed by atoms with Crippen LogP contribution in [0.4, 0.5) is 4.79 Å². The highest BCUT2D eigenvalue weighted by atomic mass is 16.6. The number of likely N-dealkylation sites (tertiary alicyclic amines) is 2. The highest BCUT2D eigenvalue weighted by Crippen LogP contribution is 2.27. The van der Waals surface area contributed by atoms with Gasteiger partial charge in [0.15, 0.2) is 0 Å². The third-order valence-corrected chi connectivity index (χ3v) is 6.18. The topological polar surface area (TPSA) is 85.1 Å². The number of nitrogens with two attached hydrogens (primary N) is 1. The van der Waals surface area contributed by atoms with Gasteiger partial charge in [-0.25, -0.2) is 4.79 Å². The van der Waals surface area contributed by atoms with Gasteiger partial charge in [-0.2, -0.15) is 0 Å². The van der Waals surface area contributed by atoms with Gasteiger partial charge in [-0.3, -0.25) is 9.69 Å². The molecule has 0 spiro atoms. The second-order valence-corrected chi connectivity index (χ2v) is 9.70. The summed E-state index contributed by atoms with van der Waals surface area (Å²) in [5.41, 5.74) is 7.12. The molecule has 0 bridgehead atoms. The molecule has 172 valence electrons. The molecule has 2 aliphatic rings. The first kappa shape index (κ1) is 23.5. The average Bonchev–Trinajstić information content (AvgIpc) is 2.77. The summed E-state index contributed by atoms with van der Waals surface area (Å²) < 4.78 is 11.0. The molecule has 2 aliphatic heterocycles. The Balaban J connectivity index is 1.39. The number of rotatable bonds is 5. The molecular formula is C24H37N3O4. The number of hydrogen-bond donors (Lipinski definition) is 1. The third-order valence-electron chi connectivity index (χ3n) is 6.18. The van der Waals surface area contributed by atoms with Crippen molar-refractivity contribution in [2.24, 2.45) is 17.6 Å². The number of hydrogen-bond acceptors (Lipinski definition) is 6. The number of amides is 1. The molecule has 1 aromatic rings. The van der Waals surface area contributed by atoms with Crippen LogP contribution in [0.25, 0.3) is 0 Å². The van der Waals surface area contributed by atoms with Crippen molar-refractivity contribution in [3.05, 3.63) is 35.9 Å². The molecule has 1 unspecified atom stereocenters. The highest BCUT2D eigenvalue weighted by Gasteiger charge is 2.34. The minimum atomic E-state index is -0.444. The van der Waals surface area contributed by atoms with Crippen molar-refractivity contribution >= 4 is 12.1 Å². The third kappa shape index (κ3) is 6.94. The molecule has 2 saturated heterocycles. The van der Waals surface area contributed by atoms with Gasteiger partial charge in [0.2, 0.25) is 0 Å². The molecule has 1 amide bonds. The van der Waals surface area contributed by atoms with Gasteiger partial charge >= 0.3 is 12.1 Å². The fourth-order valence-corrected chi connectivity index (χ4v) is 4.35. The molecule has 7 nitrogen and oxygen atoms in total. The summed E-state index contributed by atoms with van der Waals surface area (Å²) in [6.07, 6.45) is 3.01. The van der Waals surface area contributed by atoms with Crippen molar-refractivity contribution in [2.75, 3.05) is 26.2 Å². The number of esters is 1. The van der Waals surface area contributed by atoms with Crippen molar-refractivity contribution in [1.29, 1.82) is 0 Å². The summed E-state index contributed by atoms with van der Waals surface area (Å²) in [4.78, 5) is 28.7. The van der Waals surface area contributed by atoms with Gasteiger partial charge in [-0.1, -0.05) is 30.3 Å². The molecule has 0 aromatic heterocycles. The van der Waals surface area contributed by atoms with Crippen LogP contribution in [-0.4, -0.2) is 59.8 Å². The summed E-state index contributed by atoms with van der Waals surface area (Å²) in [5, 5.41) is 0. The molecular weight excluding hydrogens is 394 g/mol. The van der Waals surface area contributed by atoms with E-state index >= 15 is 0 Å². The van der Waals surface area contributed by atoms with Crippen LogP contribution < -0.4 is 5.73 Å². The largest absolute Gasteiger partial charge is 0.460 e. The van der Waals surface area contributed by atoms with Crippen LogP contribution in [0.2, 0.25) is 0 Å². The Bertz CT molecular complexity index is 718. The van der Waals surface area contributed by atoms with E-state index in [2.05, 4.69) is 4.90 Å². The average molecular weight is 432 g/mol. The summed E-state index contributed by atoms with van der Waals surface area (Å²) in [6, 6.07) is 9.72. The zero-order chi connectivity index (χ0) is 22.4. The molecule has 1 aromatic carbocycles. The van der Waals surface area contributed by atoms with Gasteiger partial charge in [0.1, 0.15) is 12.2 Å². The van der Waals surface area contributed by atoms with Crippen LogP contribution >= 0.6 is 0 Å². The Kier molecular flexibility index (Phi) is 7.94. The Morgan fingerprint density at radius 1 is 1.03 bits per heavy atom. The second-order valence-electron chi connectivity index (χ2n) is 9.70. The molecule has 1 atom stereocenters. The Morgan fingerprint density at radius 3 is 2.23 bits per heavy atom. The van der Waals surface area contributed by atoms with Crippen LogP contribution in [0.3, 0.4) is 0 Å². The lowest BCUT2D eigenvalue weighted by atomic mass is 9.90. The first-order valence-electron chi connectivity index (χ1n) is 11.4. The van der Waals surface area contributed by atoms with E-state index in [1.54, 1.807) is 4.90 Å². The van der Waals surface area contributed by atoms with E-state index in [1.807, 2.05) is 51.1 Å². The molecule has 3 rings (SSSR count). The van der Waals surface area contributed by atoms with E-state index < -0.39 is 5.60 Å². The lowest BCUT2D eigenvalue weighted by Gasteiger charge is -2.41. The summed E-state index contributed by atoms with van der Waals surface area (Å²) in [6.45, 7) is 8.96. The predicted octanol–water partition coefficient (Wildman–Crippen LogP) is 3.37. The van der Waals surface area contributed by atoms with Gasteiger partial charge in [0.25, 0.3) is 0 Å². The normalized spacial score (nSPS) is 20.3. The Hall–Kier alpha value is -2.12. The fourth-order valence-electron chi connectivity index (χ4n) is 4.35. The number of piperidine rings is 2. The SMILES string of the molecule is CC(C)(C)OC(=O)C1CCN(C(N)C2CCN(C(=O)OCc3ccccc3)CC2)CC1. The van der Waals surface area contributed by atoms with Crippen LogP contribution in [0.5, 0.6) is 0 Å². The van der Waals surface area contributed by atoms with Gasteiger partial charge < -0.3 is 20.1 Å². The number of carbonyl (C=O) groups is 2. The zero-order valence-corrected chi connectivity index (χ0v) is 19.1. The molecule has 2 fully saturated rings. The maximum Gasteiger partial charge on any atom is 0.410 e. The van der Waals surface area contributed by atoms with Crippen molar-refractivity contribution < 1.29 is 19.1 Å². The quantitative estimate of drug-likeness (QED) is 0.720. The number of nitrogens with zero attached hydrogens (tertiary/aromatic N) is 2. The number of benzene rings is 1. The van der Waals surface area contributed by atoms with Crippen LogP contribution in [0, 0.1) is 11.8 Å². The van der Waals surface area contributed by atoms with E-state index in [-0.39, 0.29) is 24.1 Å². The zero-order valence-electron chi connectivity index (χ0n) is 19.1. The predicted molar refractivity (Wildman–Crippen MR) is 119 cm³/mol. The van der Waals surface area contributed by atoms with Crippen molar-refractivity contribution in [1.82, 2.24) is 9.80 Å². The van der Waals surface area contributed by atoms with Crippen molar-refractivity contribution in [3.8, 4) is 0 Å². The molecule has 0 aliphatic carbocycles. The van der Waals surface area contributed by atoms with E-state index in [9.17, 15) is 9.59 Å². The molecule has 0 radical (unpaired) electrons. The van der Waals surface area contributed by atoms with E-state index in [4.69, 9.17) is 15.2 Å². The first-order valence-corrected chi connectivity index (χ1v) is 11.4. The molecule has 31 heavy (non-hydrogen) atoms. The van der Waals surface area contributed by atoms with Gasteiger partial charge in [-0.05, 0) is 57.9 Å². The van der Waals surface area contributed by atoms with Gasteiger partial charge in [-0.15, -0.1) is 0 Å². The molecule has 2 heterocycles. The van der Waals surface area contributed by atoms with Crippen LogP contribution in [0.1, 0.15) is 52.0 Å². The standard InChI is InChI=1S/C24H37N3O4/c1-24(2,3)31-22(28)20-11-13-26(14-12-20)21(25)19-9-15-27(16-10-19)23(29)30-17-18-7-5-4-6-8-18/h4-8,19-21H,9-17,25H2,1-3H3.